The molecule has 0 amide bonds. The number of benzene rings is 1. The van der Waals surface area contributed by atoms with Crippen molar-refractivity contribution in [3.8, 4) is 5.75 Å². The molecule has 1 aromatic rings. The molecule has 0 saturated carbocycles. The van der Waals surface area contributed by atoms with Gasteiger partial charge in [-0.05, 0) is 30.9 Å². The van der Waals surface area contributed by atoms with Gasteiger partial charge in [-0.2, -0.15) is 0 Å². The average Bonchev–Trinajstić information content (AvgIpc) is 2.62. The molecule has 0 radical (unpaired) electrons. The van der Waals surface area contributed by atoms with Gasteiger partial charge in [-0.25, -0.2) is 0 Å². The lowest BCUT2D eigenvalue weighted by atomic mass is 10.0. The number of hydrogen-bond donors (Lipinski definition) is 1. The van der Waals surface area contributed by atoms with Crippen LogP contribution in [0.1, 0.15) is 76.2 Å². The van der Waals surface area contributed by atoms with E-state index in [0.717, 1.165) is 25.0 Å². The zero-order valence-electron chi connectivity index (χ0n) is 15.5. The molecule has 0 saturated heterocycles. The third-order valence-electron chi connectivity index (χ3n) is 4.61. The average molecular weight is 369 g/mol. The molecule has 0 heterocycles. The van der Waals surface area contributed by atoms with Gasteiger partial charge in [-0.3, -0.25) is 4.79 Å². The van der Waals surface area contributed by atoms with Gasteiger partial charge in [0.25, 0.3) is 0 Å². The summed E-state index contributed by atoms with van der Waals surface area (Å²) >= 11 is 5.69. The Kier molecular flexibility index (Phi) is 12.2. The number of unbranched alkanes of at least 4 members (excludes halogenated alkanes) is 9. The van der Waals surface area contributed by atoms with Crippen LogP contribution in [0.15, 0.2) is 24.3 Å². The Labute approximate surface area is 157 Å². The molecule has 1 rings (SSSR count). The van der Waals surface area contributed by atoms with E-state index in [1.165, 1.54) is 56.9 Å². The van der Waals surface area contributed by atoms with Crippen molar-refractivity contribution in [2.24, 2.45) is 0 Å². The van der Waals surface area contributed by atoms with Crippen LogP contribution in [0.3, 0.4) is 0 Å². The van der Waals surface area contributed by atoms with Crippen LogP contribution in [0.4, 0.5) is 0 Å². The van der Waals surface area contributed by atoms with Crippen molar-refractivity contribution < 1.29 is 14.6 Å². The van der Waals surface area contributed by atoms with Crippen LogP contribution in [0.2, 0.25) is 0 Å². The normalized spacial score (nSPS) is 12.1. The van der Waals surface area contributed by atoms with E-state index in [4.69, 9.17) is 21.4 Å². The SMILES string of the molecule is COc1ccccc1CCCCCCCCCCCCC(Cl)C(=O)O. The van der Waals surface area contributed by atoms with E-state index >= 15 is 0 Å². The second-order valence-corrected chi connectivity index (χ2v) is 7.22. The maximum atomic E-state index is 10.6. The fourth-order valence-electron chi connectivity index (χ4n) is 3.09. The number of para-hydroxylation sites is 1. The van der Waals surface area contributed by atoms with Crippen molar-refractivity contribution >= 4 is 17.6 Å². The Morgan fingerprint density at radius 1 is 0.960 bits per heavy atom. The topological polar surface area (TPSA) is 46.5 Å². The lowest BCUT2D eigenvalue weighted by Crippen LogP contribution is -2.12. The number of alkyl halides is 1. The molecular weight excluding hydrogens is 336 g/mol. The molecule has 1 atom stereocenters. The van der Waals surface area contributed by atoms with Crippen LogP contribution in [0.5, 0.6) is 5.75 Å². The smallest absolute Gasteiger partial charge is 0.321 e. The Morgan fingerprint density at radius 3 is 2.04 bits per heavy atom. The van der Waals surface area contributed by atoms with Crippen molar-refractivity contribution in [2.45, 2.75) is 82.4 Å². The highest BCUT2D eigenvalue weighted by Crippen LogP contribution is 2.20. The van der Waals surface area contributed by atoms with Crippen molar-refractivity contribution in [3.05, 3.63) is 29.8 Å². The monoisotopic (exact) mass is 368 g/mol. The summed E-state index contributed by atoms with van der Waals surface area (Å²) in [6.07, 6.45) is 13.9. The van der Waals surface area contributed by atoms with Gasteiger partial charge in [0, 0.05) is 0 Å². The molecule has 0 bridgehead atoms. The first-order chi connectivity index (χ1) is 12.1. The van der Waals surface area contributed by atoms with E-state index < -0.39 is 11.3 Å². The summed E-state index contributed by atoms with van der Waals surface area (Å²) in [6, 6.07) is 8.28. The summed E-state index contributed by atoms with van der Waals surface area (Å²) in [5.41, 5.74) is 1.31. The standard InChI is InChI=1S/C21H33ClO3/c1-25-20-17-13-12-15-18(20)14-10-8-6-4-2-3-5-7-9-11-16-19(22)21(23)24/h12-13,15,17,19H,2-11,14,16H2,1H3,(H,23,24). The summed E-state index contributed by atoms with van der Waals surface area (Å²) in [7, 11) is 1.74. The highest BCUT2D eigenvalue weighted by Gasteiger charge is 2.11. The minimum atomic E-state index is -0.896. The third kappa shape index (κ3) is 10.4. The van der Waals surface area contributed by atoms with Crippen molar-refractivity contribution in [1.29, 1.82) is 0 Å². The zero-order valence-corrected chi connectivity index (χ0v) is 16.3. The minimum absolute atomic E-state index is 0.586. The van der Waals surface area contributed by atoms with E-state index in [-0.39, 0.29) is 0 Å². The van der Waals surface area contributed by atoms with Gasteiger partial charge in [0.2, 0.25) is 0 Å². The van der Waals surface area contributed by atoms with Crippen LogP contribution in [-0.4, -0.2) is 23.6 Å². The highest BCUT2D eigenvalue weighted by atomic mass is 35.5. The third-order valence-corrected chi connectivity index (χ3v) is 5.02. The summed E-state index contributed by atoms with van der Waals surface area (Å²) in [5.74, 6) is 0.110. The van der Waals surface area contributed by atoms with E-state index in [1.54, 1.807) is 7.11 Å². The number of carboxylic acid groups (broad SMARTS) is 1. The van der Waals surface area contributed by atoms with Crippen LogP contribution >= 0.6 is 11.6 Å². The number of ether oxygens (including phenoxy) is 1. The van der Waals surface area contributed by atoms with Crippen LogP contribution in [0.25, 0.3) is 0 Å². The first-order valence-corrected chi connectivity index (χ1v) is 10.1. The molecule has 0 aliphatic heterocycles. The van der Waals surface area contributed by atoms with Crippen molar-refractivity contribution in [2.75, 3.05) is 7.11 Å². The number of aryl methyl sites for hydroxylation is 1. The Hall–Kier alpha value is -1.22. The molecule has 0 fully saturated rings. The second-order valence-electron chi connectivity index (χ2n) is 6.69. The number of carbonyl (C=O) groups is 1. The fourth-order valence-corrected chi connectivity index (χ4v) is 3.24. The molecular formula is C21H33ClO3. The van der Waals surface area contributed by atoms with E-state index in [9.17, 15) is 4.79 Å². The largest absolute Gasteiger partial charge is 0.496 e. The summed E-state index contributed by atoms with van der Waals surface area (Å²) in [4.78, 5) is 10.6. The molecule has 0 aliphatic carbocycles. The predicted octanol–water partition coefficient (Wildman–Crippen LogP) is 6.22. The number of rotatable bonds is 15. The number of halogens is 1. The molecule has 1 aromatic carbocycles. The van der Waals surface area contributed by atoms with Crippen LogP contribution < -0.4 is 4.74 Å². The zero-order chi connectivity index (χ0) is 18.3. The van der Waals surface area contributed by atoms with Gasteiger partial charge < -0.3 is 9.84 Å². The maximum Gasteiger partial charge on any atom is 0.321 e. The maximum absolute atomic E-state index is 10.6. The Morgan fingerprint density at radius 2 is 1.48 bits per heavy atom. The molecule has 25 heavy (non-hydrogen) atoms. The predicted molar refractivity (Wildman–Crippen MR) is 105 cm³/mol. The van der Waals surface area contributed by atoms with Gasteiger partial charge in [0.15, 0.2) is 0 Å². The molecule has 0 spiro atoms. The fraction of sp³-hybridized carbons (Fsp3) is 0.667. The molecule has 1 N–H and O–H groups in total. The van der Waals surface area contributed by atoms with Gasteiger partial charge in [0.05, 0.1) is 7.11 Å². The van der Waals surface area contributed by atoms with Crippen LogP contribution in [0, 0.1) is 0 Å². The minimum Gasteiger partial charge on any atom is -0.496 e. The Balaban J connectivity index is 1.88. The number of methoxy groups -OCH3 is 1. The molecule has 0 aromatic heterocycles. The lowest BCUT2D eigenvalue weighted by molar-refractivity contribution is -0.136. The number of carboxylic acids is 1. The summed E-state index contributed by atoms with van der Waals surface area (Å²) in [6.45, 7) is 0. The molecule has 4 heteroatoms. The molecule has 1 unspecified atom stereocenters. The molecule has 0 aliphatic rings. The number of hydrogen-bond acceptors (Lipinski definition) is 2. The molecule has 3 nitrogen and oxygen atoms in total. The lowest BCUT2D eigenvalue weighted by Gasteiger charge is -2.08. The van der Waals surface area contributed by atoms with Crippen molar-refractivity contribution in [1.82, 2.24) is 0 Å². The van der Waals surface area contributed by atoms with Crippen LogP contribution in [-0.2, 0) is 11.2 Å². The first-order valence-electron chi connectivity index (χ1n) is 9.64. The quantitative estimate of drug-likeness (QED) is 0.295. The highest BCUT2D eigenvalue weighted by molar-refractivity contribution is 6.29. The van der Waals surface area contributed by atoms with E-state index in [0.29, 0.717) is 6.42 Å². The van der Waals surface area contributed by atoms with Crippen molar-refractivity contribution in [3.63, 3.8) is 0 Å². The Bertz CT molecular complexity index is 476. The second kappa shape index (κ2) is 14.0. The van der Waals surface area contributed by atoms with E-state index in [2.05, 4.69) is 12.1 Å². The summed E-state index contributed by atoms with van der Waals surface area (Å²) < 4.78 is 5.38. The van der Waals surface area contributed by atoms with Gasteiger partial charge in [-0.1, -0.05) is 76.0 Å². The van der Waals surface area contributed by atoms with Gasteiger partial charge in [-0.15, -0.1) is 11.6 Å². The number of aliphatic carboxylic acids is 1. The first kappa shape index (κ1) is 21.8. The van der Waals surface area contributed by atoms with Gasteiger partial charge >= 0.3 is 5.97 Å². The van der Waals surface area contributed by atoms with Gasteiger partial charge in [0.1, 0.15) is 11.1 Å². The van der Waals surface area contributed by atoms with E-state index in [1.807, 2.05) is 12.1 Å². The summed E-state index contributed by atoms with van der Waals surface area (Å²) in [5, 5.41) is 7.98. The molecule has 142 valence electrons.